The topological polar surface area (TPSA) is 26.3 Å². The lowest BCUT2D eigenvalue weighted by atomic mass is 10.1. The molecule has 0 aliphatic rings. The minimum absolute atomic E-state index is 0.341. The van der Waals surface area contributed by atoms with Gasteiger partial charge < -0.3 is 4.74 Å². The summed E-state index contributed by atoms with van der Waals surface area (Å²) < 4.78 is 4.46. The van der Waals surface area contributed by atoms with E-state index in [2.05, 4.69) is 4.74 Å². The van der Waals surface area contributed by atoms with Crippen molar-refractivity contribution in [2.75, 3.05) is 7.11 Å². The third-order valence-corrected chi connectivity index (χ3v) is 1.93. The van der Waals surface area contributed by atoms with Crippen LogP contribution in [0.3, 0.4) is 0 Å². The number of hydrogen-bond donors (Lipinski definition) is 0. The average Bonchev–Trinajstić information content (AvgIpc) is 2.17. The summed E-state index contributed by atoms with van der Waals surface area (Å²) in [5.41, 5.74) is 1.07. The van der Waals surface area contributed by atoms with Gasteiger partial charge in [-0.1, -0.05) is 29.8 Å². The minimum Gasteiger partial charge on any atom is -0.466 e. The number of benzene rings is 1. The summed E-state index contributed by atoms with van der Waals surface area (Å²) in [5, 5.41) is 0.703. The Hall–Kier alpha value is -1.28. The van der Waals surface area contributed by atoms with Gasteiger partial charge in [-0.25, -0.2) is 4.79 Å². The highest BCUT2D eigenvalue weighted by molar-refractivity contribution is 6.30. The molecule has 1 aromatic carbocycles. The van der Waals surface area contributed by atoms with Crippen molar-refractivity contribution in [3.8, 4) is 0 Å². The molecule has 3 heteroatoms. The fraction of sp³-hybridized carbons (Fsp3) is 0.182. The number of carbonyl (C=O) groups is 1. The number of halogens is 1. The molecule has 0 bridgehead atoms. The molecule has 14 heavy (non-hydrogen) atoms. The van der Waals surface area contributed by atoms with E-state index in [1.165, 1.54) is 13.2 Å². The van der Waals surface area contributed by atoms with E-state index < -0.39 is 0 Å². The predicted octanol–water partition coefficient (Wildman–Crippen LogP) is 2.61. The molecule has 0 aromatic heterocycles. The Morgan fingerprint density at radius 3 is 3.00 bits per heavy atom. The fourth-order valence-corrected chi connectivity index (χ4v) is 1.24. The zero-order valence-electron chi connectivity index (χ0n) is 7.87. The maximum absolute atomic E-state index is 10.7. The van der Waals surface area contributed by atoms with Crippen molar-refractivity contribution in [2.24, 2.45) is 0 Å². The predicted molar refractivity (Wildman–Crippen MR) is 56.3 cm³/mol. The third-order valence-electron chi connectivity index (χ3n) is 1.70. The average molecular weight is 211 g/mol. The molecule has 0 saturated heterocycles. The number of allylic oxidation sites excluding steroid dienone is 1. The SMILES string of the molecule is COC(=O)C=CCc1cccc(Cl)c1. The van der Waals surface area contributed by atoms with Gasteiger partial charge in [0.2, 0.25) is 0 Å². The molecule has 0 amide bonds. The molecule has 0 atom stereocenters. The normalized spacial score (nSPS) is 10.4. The van der Waals surface area contributed by atoms with Crippen molar-refractivity contribution < 1.29 is 9.53 Å². The first-order chi connectivity index (χ1) is 6.72. The van der Waals surface area contributed by atoms with E-state index in [1.807, 2.05) is 24.3 Å². The molecule has 0 spiro atoms. The first kappa shape index (κ1) is 10.8. The quantitative estimate of drug-likeness (QED) is 0.566. The highest BCUT2D eigenvalue weighted by Crippen LogP contribution is 2.11. The van der Waals surface area contributed by atoms with Crippen molar-refractivity contribution in [2.45, 2.75) is 6.42 Å². The molecule has 0 aliphatic carbocycles. The number of methoxy groups -OCH3 is 1. The van der Waals surface area contributed by atoms with Gasteiger partial charge in [-0.2, -0.15) is 0 Å². The van der Waals surface area contributed by atoms with E-state index in [9.17, 15) is 4.79 Å². The van der Waals surface area contributed by atoms with Crippen LogP contribution in [0.15, 0.2) is 36.4 Å². The molecule has 0 aliphatic heterocycles. The van der Waals surface area contributed by atoms with Gasteiger partial charge in [0.25, 0.3) is 0 Å². The Morgan fingerprint density at radius 2 is 2.36 bits per heavy atom. The van der Waals surface area contributed by atoms with Gasteiger partial charge in [0, 0.05) is 11.1 Å². The lowest BCUT2D eigenvalue weighted by molar-refractivity contribution is -0.134. The third kappa shape index (κ3) is 3.62. The first-order valence-corrected chi connectivity index (χ1v) is 4.59. The van der Waals surface area contributed by atoms with E-state index in [4.69, 9.17) is 11.6 Å². The molecule has 0 unspecified atom stereocenters. The molecule has 0 heterocycles. The monoisotopic (exact) mass is 210 g/mol. The number of esters is 1. The molecule has 0 fully saturated rings. The van der Waals surface area contributed by atoms with E-state index in [0.717, 1.165) is 5.56 Å². The Kier molecular flexibility index (Phi) is 4.20. The lowest BCUT2D eigenvalue weighted by Crippen LogP contribution is -1.94. The van der Waals surface area contributed by atoms with Gasteiger partial charge >= 0.3 is 5.97 Å². The smallest absolute Gasteiger partial charge is 0.330 e. The second-order valence-corrected chi connectivity index (χ2v) is 3.20. The molecule has 1 rings (SSSR count). The van der Waals surface area contributed by atoms with Crippen molar-refractivity contribution >= 4 is 17.6 Å². The standard InChI is InChI=1S/C11H11ClO2/c1-14-11(13)7-3-5-9-4-2-6-10(12)8-9/h2-4,6-8H,5H2,1H3. The fourth-order valence-electron chi connectivity index (χ4n) is 1.02. The van der Waals surface area contributed by atoms with Crippen LogP contribution in [0, 0.1) is 0 Å². The summed E-state index contributed by atoms with van der Waals surface area (Å²) in [6.45, 7) is 0. The molecule has 2 nitrogen and oxygen atoms in total. The van der Waals surface area contributed by atoms with E-state index in [0.29, 0.717) is 11.4 Å². The number of rotatable bonds is 3. The van der Waals surface area contributed by atoms with Crippen molar-refractivity contribution in [1.82, 2.24) is 0 Å². The highest BCUT2D eigenvalue weighted by Gasteiger charge is 1.93. The van der Waals surface area contributed by atoms with Gasteiger partial charge in [-0.15, -0.1) is 0 Å². The zero-order valence-corrected chi connectivity index (χ0v) is 8.62. The Labute approximate surface area is 88.1 Å². The molecular weight excluding hydrogens is 200 g/mol. The summed E-state index contributed by atoms with van der Waals surface area (Å²) in [6, 6.07) is 7.51. The van der Waals surface area contributed by atoms with Crippen LogP contribution >= 0.6 is 11.6 Å². The van der Waals surface area contributed by atoms with Crippen LogP contribution in [-0.4, -0.2) is 13.1 Å². The van der Waals surface area contributed by atoms with Crippen LogP contribution < -0.4 is 0 Å². The summed E-state index contributed by atoms with van der Waals surface area (Å²) >= 11 is 5.80. The summed E-state index contributed by atoms with van der Waals surface area (Å²) in [6.07, 6.45) is 3.83. The molecule has 74 valence electrons. The van der Waals surface area contributed by atoms with Crippen molar-refractivity contribution in [1.29, 1.82) is 0 Å². The molecule has 1 aromatic rings. The summed E-state index contributed by atoms with van der Waals surface area (Å²) in [5.74, 6) is -0.341. The summed E-state index contributed by atoms with van der Waals surface area (Å²) in [4.78, 5) is 10.7. The van der Waals surface area contributed by atoms with Crippen LogP contribution in [-0.2, 0) is 16.0 Å². The lowest BCUT2D eigenvalue weighted by Gasteiger charge is -1.96. The van der Waals surface area contributed by atoms with Crippen LogP contribution in [0.2, 0.25) is 5.02 Å². The molecule has 0 radical (unpaired) electrons. The van der Waals surface area contributed by atoms with Crippen LogP contribution in [0.5, 0.6) is 0 Å². The van der Waals surface area contributed by atoms with Crippen LogP contribution in [0.1, 0.15) is 5.56 Å². The van der Waals surface area contributed by atoms with E-state index >= 15 is 0 Å². The largest absolute Gasteiger partial charge is 0.466 e. The van der Waals surface area contributed by atoms with E-state index in [-0.39, 0.29) is 5.97 Å². The van der Waals surface area contributed by atoms with Crippen LogP contribution in [0.25, 0.3) is 0 Å². The number of ether oxygens (including phenoxy) is 1. The van der Waals surface area contributed by atoms with Crippen LogP contribution in [0.4, 0.5) is 0 Å². The molecule has 0 N–H and O–H groups in total. The Morgan fingerprint density at radius 1 is 1.57 bits per heavy atom. The summed E-state index contributed by atoms with van der Waals surface area (Å²) in [7, 11) is 1.35. The Bertz CT molecular complexity index is 345. The molecular formula is C11H11ClO2. The number of hydrogen-bond acceptors (Lipinski definition) is 2. The van der Waals surface area contributed by atoms with Gasteiger partial charge in [0.15, 0.2) is 0 Å². The van der Waals surface area contributed by atoms with Gasteiger partial charge in [-0.3, -0.25) is 0 Å². The maximum Gasteiger partial charge on any atom is 0.330 e. The second kappa shape index (κ2) is 5.45. The van der Waals surface area contributed by atoms with Gasteiger partial charge in [0.05, 0.1) is 7.11 Å². The molecule has 0 saturated carbocycles. The highest BCUT2D eigenvalue weighted by atomic mass is 35.5. The van der Waals surface area contributed by atoms with E-state index in [1.54, 1.807) is 6.08 Å². The van der Waals surface area contributed by atoms with Gasteiger partial charge in [-0.05, 0) is 24.1 Å². The minimum atomic E-state index is -0.341. The van der Waals surface area contributed by atoms with Gasteiger partial charge in [0.1, 0.15) is 0 Å². The van der Waals surface area contributed by atoms with Crippen molar-refractivity contribution in [3.63, 3.8) is 0 Å². The Balaban J connectivity index is 2.53. The maximum atomic E-state index is 10.7. The number of carbonyl (C=O) groups excluding carboxylic acids is 1. The van der Waals surface area contributed by atoms with Crippen molar-refractivity contribution in [3.05, 3.63) is 47.0 Å². The first-order valence-electron chi connectivity index (χ1n) is 4.21. The second-order valence-electron chi connectivity index (χ2n) is 2.76. The zero-order chi connectivity index (χ0) is 10.4.